The average molecular weight is 421 g/mol. The molecule has 5 nitrogen and oxygen atoms in total. The molecule has 3 rings (SSSR count). The quantitative estimate of drug-likeness (QED) is 0.811. The van der Waals surface area contributed by atoms with E-state index >= 15 is 0 Å². The van der Waals surface area contributed by atoms with Crippen molar-refractivity contribution in [3.63, 3.8) is 0 Å². The monoisotopic (exact) mass is 420 g/mol. The Morgan fingerprint density at radius 1 is 1.19 bits per heavy atom. The zero-order valence-corrected chi connectivity index (χ0v) is 17.6. The Balaban J connectivity index is 0.00000182. The zero-order chi connectivity index (χ0) is 18.0. The van der Waals surface area contributed by atoms with Gasteiger partial charge >= 0.3 is 0 Å². The summed E-state index contributed by atoms with van der Waals surface area (Å²) in [6, 6.07) is 6.81. The van der Waals surface area contributed by atoms with Crippen LogP contribution in [-0.2, 0) is 4.79 Å². The van der Waals surface area contributed by atoms with Gasteiger partial charge in [-0.05, 0) is 57.0 Å². The number of piperazine rings is 1. The van der Waals surface area contributed by atoms with Gasteiger partial charge in [-0.1, -0.05) is 0 Å². The average Bonchev–Trinajstić information content (AvgIpc) is 3.02. The maximum atomic E-state index is 13.1. The van der Waals surface area contributed by atoms with E-state index in [2.05, 4.69) is 16.7 Å². The molecule has 154 valence electrons. The molecule has 2 N–H and O–H groups in total. The van der Waals surface area contributed by atoms with Crippen LogP contribution in [-0.4, -0.2) is 67.1 Å². The number of benzene rings is 1. The van der Waals surface area contributed by atoms with Crippen LogP contribution in [0.1, 0.15) is 20.3 Å². The summed E-state index contributed by atoms with van der Waals surface area (Å²) in [5, 5.41) is 0. The number of carbonyl (C=O) groups is 1. The molecule has 0 aliphatic carbocycles. The molecule has 27 heavy (non-hydrogen) atoms. The maximum Gasteiger partial charge on any atom is 0.239 e. The van der Waals surface area contributed by atoms with Gasteiger partial charge in [-0.3, -0.25) is 9.69 Å². The van der Waals surface area contributed by atoms with Gasteiger partial charge in [0.1, 0.15) is 5.82 Å². The van der Waals surface area contributed by atoms with Gasteiger partial charge in [0.25, 0.3) is 0 Å². The van der Waals surface area contributed by atoms with E-state index in [1.807, 2.05) is 24.0 Å². The fourth-order valence-corrected chi connectivity index (χ4v) is 4.04. The van der Waals surface area contributed by atoms with Crippen molar-refractivity contribution in [1.29, 1.82) is 0 Å². The van der Waals surface area contributed by atoms with E-state index in [1.54, 1.807) is 0 Å². The highest BCUT2D eigenvalue weighted by atomic mass is 35.5. The Morgan fingerprint density at radius 2 is 1.78 bits per heavy atom. The molecule has 1 aromatic rings. The third-order valence-electron chi connectivity index (χ3n) is 5.69. The number of amides is 1. The molecular weight excluding hydrogens is 390 g/mol. The molecule has 2 aliphatic rings. The van der Waals surface area contributed by atoms with Crippen LogP contribution in [0.5, 0.6) is 0 Å². The van der Waals surface area contributed by atoms with Gasteiger partial charge in [0.15, 0.2) is 0 Å². The van der Waals surface area contributed by atoms with Crippen LogP contribution in [0, 0.1) is 11.7 Å². The highest BCUT2D eigenvalue weighted by molar-refractivity contribution is 5.85. The summed E-state index contributed by atoms with van der Waals surface area (Å²) in [5.41, 5.74) is 6.82. The molecule has 2 saturated heterocycles. The minimum absolute atomic E-state index is 0. The predicted octanol–water partition coefficient (Wildman–Crippen LogP) is 2.38. The summed E-state index contributed by atoms with van der Waals surface area (Å²) >= 11 is 0. The number of likely N-dealkylation sites (tertiary alicyclic amines) is 1. The third kappa shape index (κ3) is 5.47. The van der Waals surface area contributed by atoms with E-state index in [0.717, 1.165) is 44.8 Å². The molecule has 0 saturated carbocycles. The normalized spacial score (nSPS) is 24.1. The standard InChI is InChI=1S/C19H29FN4O.2ClH/c1-14-11-16(12-21)13-24(14)19(25)15(2)22-7-9-23(10-8-22)18-5-3-17(20)4-6-18;;/h3-6,14-16H,7-13,21H2,1-2H3;2*1H. The van der Waals surface area contributed by atoms with Crippen molar-refractivity contribution in [3.8, 4) is 0 Å². The number of rotatable bonds is 4. The second-order valence-corrected chi connectivity index (χ2v) is 7.35. The Bertz CT molecular complexity index is 596. The lowest BCUT2D eigenvalue weighted by atomic mass is 10.1. The second kappa shape index (κ2) is 10.5. The minimum atomic E-state index is -0.211. The number of halogens is 3. The first-order valence-electron chi connectivity index (χ1n) is 9.24. The van der Waals surface area contributed by atoms with Crippen molar-refractivity contribution >= 4 is 36.4 Å². The van der Waals surface area contributed by atoms with Crippen LogP contribution in [0.15, 0.2) is 24.3 Å². The molecule has 2 fully saturated rings. The number of nitrogens with two attached hydrogens (primary N) is 1. The first-order chi connectivity index (χ1) is 12.0. The van der Waals surface area contributed by atoms with Crippen LogP contribution in [0.25, 0.3) is 0 Å². The fraction of sp³-hybridized carbons (Fsp3) is 0.632. The first kappa shape index (κ1) is 24.0. The van der Waals surface area contributed by atoms with Crippen molar-refractivity contribution in [3.05, 3.63) is 30.1 Å². The highest BCUT2D eigenvalue weighted by Crippen LogP contribution is 2.24. The predicted molar refractivity (Wildman–Crippen MR) is 112 cm³/mol. The summed E-state index contributed by atoms with van der Waals surface area (Å²) < 4.78 is 13.1. The van der Waals surface area contributed by atoms with Crippen molar-refractivity contribution in [2.75, 3.05) is 44.2 Å². The van der Waals surface area contributed by atoms with Gasteiger partial charge in [0.2, 0.25) is 5.91 Å². The second-order valence-electron chi connectivity index (χ2n) is 7.35. The Kier molecular flexibility index (Phi) is 9.28. The Hall–Kier alpha value is -1.08. The maximum absolute atomic E-state index is 13.1. The summed E-state index contributed by atoms with van der Waals surface area (Å²) in [4.78, 5) is 19.4. The Labute approximate surface area is 173 Å². The number of hydrogen-bond donors (Lipinski definition) is 1. The fourth-order valence-electron chi connectivity index (χ4n) is 4.04. The lowest BCUT2D eigenvalue weighted by Crippen LogP contribution is -2.55. The zero-order valence-electron chi connectivity index (χ0n) is 16.0. The summed E-state index contributed by atoms with van der Waals surface area (Å²) in [7, 11) is 0. The molecule has 0 bridgehead atoms. The molecule has 3 atom stereocenters. The van der Waals surface area contributed by atoms with Gasteiger partial charge in [-0.25, -0.2) is 4.39 Å². The van der Waals surface area contributed by atoms with Crippen LogP contribution >= 0.6 is 24.8 Å². The van der Waals surface area contributed by atoms with Gasteiger partial charge in [-0.2, -0.15) is 0 Å². The third-order valence-corrected chi connectivity index (χ3v) is 5.69. The molecule has 0 spiro atoms. The molecule has 1 aromatic carbocycles. The molecule has 8 heteroatoms. The highest BCUT2D eigenvalue weighted by Gasteiger charge is 2.36. The number of nitrogens with zero attached hydrogens (tertiary/aromatic N) is 3. The molecule has 3 unspecified atom stereocenters. The smallest absolute Gasteiger partial charge is 0.239 e. The van der Waals surface area contributed by atoms with Crippen molar-refractivity contribution in [2.45, 2.75) is 32.4 Å². The van der Waals surface area contributed by atoms with Crippen LogP contribution in [0.3, 0.4) is 0 Å². The van der Waals surface area contributed by atoms with Crippen LogP contribution < -0.4 is 10.6 Å². The van der Waals surface area contributed by atoms with E-state index in [1.165, 1.54) is 12.1 Å². The van der Waals surface area contributed by atoms with Gasteiger partial charge < -0.3 is 15.5 Å². The van der Waals surface area contributed by atoms with E-state index < -0.39 is 0 Å². The molecule has 0 aromatic heterocycles. The lowest BCUT2D eigenvalue weighted by Gasteiger charge is -2.40. The molecule has 2 aliphatic heterocycles. The van der Waals surface area contributed by atoms with Crippen LogP contribution in [0.4, 0.5) is 10.1 Å². The van der Waals surface area contributed by atoms with E-state index in [9.17, 15) is 9.18 Å². The van der Waals surface area contributed by atoms with Crippen molar-refractivity contribution < 1.29 is 9.18 Å². The number of carbonyl (C=O) groups excluding carboxylic acids is 1. The molecule has 0 radical (unpaired) electrons. The minimum Gasteiger partial charge on any atom is -0.369 e. The van der Waals surface area contributed by atoms with Crippen LogP contribution in [0.2, 0.25) is 0 Å². The van der Waals surface area contributed by atoms with E-state index in [-0.39, 0.29) is 48.6 Å². The molecular formula is C19H31Cl2FN4O. The summed E-state index contributed by atoms with van der Waals surface area (Å²) in [6.45, 7) is 8.95. The molecule has 2 heterocycles. The number of anilines is 1. The van der Waals surface area contributed by atoms with Gasteiger partial charge in [0.05, 0.1) is 6.04 Å². The largest absolute Gasteiger partial charge is 0.369 e. The number of hydrogen-bond acceptors (Lipinski definition) is 4. The summed E-state index contributed by atoms with van der Waals surface area (Å²) in [6.07, 6.45) is 1.01. The SMILES string of the molecule is CC(C(=O)N1CC(CN)CC1C)N1CCN(c2ccc(F)cc2)CC1.Cl.Cl. The van der Waals surface area contributed by atoms with Crippen molar-refractivity contribution in [1.82, 2.24) is 9.80 Å². The van der Waals surface area contributed by atoms with E-state index in [0.29, 0.717) is 12.5 Å². The van der Waals surface area contributed by atoms with E-state index in [4.69, 9.17) is 5.73 Å². The Morgan fingerprint density at radius 3 is 2.30 bits per heavy atom. The summed E-state index contributed by atoms with van der Waals surface area (Å²) in [5.74, 6) is 0.442. The topological polar surface area (TPSA) is 52.8 Å². The lowest BCUT2D eigenvalue weighted by molar-refractivity contribution is -0.137. The van der Waals surface area contributed by atoms with Gasteiger partial charge in [0, 0.05) is 44.5 Å². The van der Waals surface area contributed by atoms with Crippen molar-refractivity contribution in [2.24, 2.45) is 11.7 Å². The molecule has 1 amide bonds. The van der Waals surface area contributed by atoms with Gasteiger partial charge in [-0.15, -0.1) is 24.8 Å². The first-order valence-corrected chi connectivity index (χ1v) is 9.24.